The summed E-state index contributed by atoms with van der Waals surface area (Å²) in [7, 11) is -3.85. The maximum Gasteiger partial charge on any atom is 0.416 e. The van der Waals surface area contributed by atoms with E-state index < -0.39 is 33.1 Å². The zero-order chi connectivity index (χ0) is 25.8. The van der Waals surface area contributed by atoms with E-state index in [9.17, 15) is 26.0 Å². The molecule has 0 saturated carbocycles. The SMILES string of the molecule is N=N/N=C(\N)Cc1cc(Oc2ccc(S(=O)(=O)Cc3ccc(F)cc3)cc2Cl)cc(C(F)(F)F)c1. The van der Waals surface area contributed by atoms with Crippen molar-refractivity contribution >= 4 is 27.3 Å². The zero-order valence-corrected chi connectivity index (χ0v) is 19.3. The van der Waals surface area contributed by atoms with Gasteiger partial charge in [0, 0.05) is 6.42 Å². The minimum absolute atomic E-state index is 0.0829. The maximum absolute atomic E-state index is 13.4. The lowest BCUT2D eigenvalue weighted by molar-refractivity contribution is -0.137. The summed E-state index contributed by atoms with van der Waals surface area (Å²) in [5, 5.41) is 5.86. The smallest absolute Gasteiger partial charge is 0.416 e. The third-order valence-electron chi connectivity index (χ3n) is 4.62. The molecule has 7 nitrogen and oxygen atoms in total. The van der Waals surface area contributed by atoms with E-state index >= 15 is 0 Å². The number of nitrogens with zero attached hydrogens (tertiary/aromatic N) is 2. The van der Waals surface area contributed by atoms with Gasteiger partial charge in [-0.2, -0.15) is 18.7 Å². The van der Waals surface area contributed by atoms with Crippen LogP contribution in [0, 0.1) is 11.3 Å². The summed E-state index contributed by atoms with van der Waals surface area (Å²) >= 11 is 6.17. The molecule has 0 atom stereocenters. The van der Waals surface area contributed by atoms with Crippen molar-refractivity contribution in [1.82, 2.24) is 0 Å². The van der Waals surface area contributed by atoms with Gasteiger partial charge in [0.1, 0.15) is 23.2 Å². The molecule has 0 heterocycles. The van der Waals surface area contributed by atoms with Crippen molar-refractivity contribution < 1.29 is 30.7 Å². The molecular formula is C22H17ClF4N4O3S. The third-order valence-corrected chi connectivity index (χ3v) is 6.60. The molecule has 35 heavy (non-hydrogen) atoms. The number of hydrogen-bond donors (Lipinski definition) is 2. The van der Waals surface area contributed by atoms with Crippen molar-refractivity contribution in [2.75, 3.05) is 0 Å². The topological polar surface area (TPSA) is 118 Å². The number of halogens is 5. The number of benzene rings is 3. The Kier molecular flexibility index (Phi) is 7.76. The quantitative estimate of drug-likeness (QED) is 0.120. The van der Waals surface area contributed by atoms with Gasteiger partial charge < -0.3 is 10.5 Å². The molecule has 0 aromatic heterocycles. The van der Waals surface area contributed by atoms with Crippen molar-refractivity contribution in [2.45, 2.75) is 23.2 Å². The standard InChI is InChI=1S/C22H17ClF4N4O3S/c23-19-11-18(35(32,33)12-13-1-3-16(24)4-2-13)5-6-20(19)34-17-8-14(9-21(28)30-31-29)7-15(10-17)22(25,26)27/h1-8,10-11H,9,12H2,(H3,28,29,30). The lowest BCUT2D eigenvalue weighted by Gasteiger charge is -2.14. The van der Waals surface area contributed by atoms with Gasteiger partial charge in [0.2, 0.25) is 0 Å². The maximum atomic E-state index is 13.4. The second kappa shape index (κ2) is 10.4. The predicted octanol–water partition coefficient (Wildman–Crippen LogP) is 6.11. The first-order chi connectivity index (χ1) is 16.4. The molecule has 184 valence electrons. The van der Waals surface area contributed by atoms with Gasteiger partial charge in [-0.1, -0.05) is 29.0 Å². The average molecular weight is 529 g/mol. The van der Waals surface area contributed by atoms with Crippen LogP contribution in [0.1, 0.15) is 16.7 Å². The summed E-state index contributed by atoms with van der Waals surface area (Å²) in [5.41, 5.74) is 11.6. The fourth-order valence-corrected chi connectivity index (χ4v) is 4.72. The van der Waals surface area contributed by atoms with Gasteiger partial charge in [-0.05, 0) is 59.7 Å². The summed E-state index contributed by atoms with van der Waals surface area (Å²) in [6.07, 6.45) is -4.92. The normalized spacial score (nSPS) is 12.4. The van der Waals surface area contributed by atoms with Crippen LogP contribution in [-0.2, 0) is 28.2 Å². The summed E-state index contributed by atoms with van der Waals surface area (Å²) in [5.74, 6) is -1.41. The Morgan fingerprint density at radius 3 is 2.31 bits per heavy atom. The van der Waals surface area contributed by atoms with Crippen LogP contribution < -0.4 is 10.5 Å². The zero-order valence-electron chi connectivity index (χ0n) is 17.7. The van der Waals surface area contributed by atoms with Crippen molar-refractivity contribution in [1.29, 1.82) is 5.53 Å². The Morgan fingerprint density at radius 1 is 1.03 bits per heavy atom. The Morgan fingerprint density at radius 2 is 1.71 bits per heavy atom. The monoisotopic (exact) mass is 528 g/mol. The van der Waals surface area contributed by atoms with Gasteiger partial charge in [-0.25, -0.2) is 12.8 Å². The largest absolute Gasteiger partial charge is 0.456 e. The van der Waals surface area contributed by atoms with E-state index in [0.29, 0.717) is 5.56 Å². The van der Waals surface area contributed by atoms with Crippen molar-refractivity contribution in [3.05, 3.63) is 88.2 Å². The van der Waals surface area contributed by atoms with Crippen LogP contribution in [0.15, 0.2) is 75.9 Å². The molecule has 0 fully saturated rings. The Labute approximate surface area is 202 Å². The van der Waals surface area contributed by atoms with Crippen LogP contribution in [0.5, 0.6) is 11.5 Å². The second-order valence-electron chi connectivity index (χ2n) is 7.31. The average Bonchev–Trinajstić information content (AvgIpc) is 2.76. The number of hydrogen-bond acceptors (Lipinski definition) is 5. The minimum Gasteiger partial charge on any atom is -0.456 e. The van der Waals surface area contributed by atoms with Crippen LogP contribution in [0.2, 0.25) is 5.02 Å². The molecule has 0 spiro atoms. The number of alkyl halides is 3. The van der Waals surface area contributed by atoms with Gasteiger partial charge >= 0.3 is 6.18 Å². The van der Waals surface area contributed by atoms with E-state index in [2.05, 4.69) is 10.3 Å². The lowest BCUT2D eigenvalue weighted by Crippen LogP contribution is -2.15. The highest BCUT2D eigenvalue weighted by Crippen LogP contribution is 2.37. The molecule has 3 aromatic carbocycles. The van der Waals surface area contributed by atoms with Gasteiger partial charge in [-0.3, -0.25) is 0 Å². The first kappa shape index (κ1) is 26.1. The highest BCUT2D eigenvalue weighted by Gasteiger charge is 2.31. The molecule has 3 rings (SSSR count). The van der Waals surface area contributed by atoms with Gasteiger partial charge in [-0.15, -0.1) is 5.10 Å². The molecule has 0 aliphatic carbocycles. The third kappa shape index (κ3) is 6.99. The van der Waals surface area contributed by atoms with Gasteiger partial charge in [0.15, 0.2) is 9.84 Å². The molecule has 0 unspecified atom stereocenters. The highest BCUT2D eigenvalue weighted by molar-refractivity contribution is 7.90. The fourth-order valence-electron chi connectivity index (χ4n) is 3.06. The molecular weight excluding hydrogens is 512 g/mol. The fraction of sp³-hybridized carbons (Fsp3) is 0.136. The van der Waals surface area contributed by atoms with Crippen LogP contribution in [0.25, 0.3) is 0 Å². The first-order valence-electron chi connectivity index (χ1n) is 9.72. The van der Waals surface area contributed by atoms with Crippen molar-refractivity contribution in [3.63, 3.8) is 0 Å². The van der Waals surface area contributed by atoms with Crippen LogP contribution in [0.4, 0.5) is 17.6 Å². The van der Waals surface area contributed by atoms with E-state index in [1.807, 2.05) is 0 Å². The molecule has 0 saturated heterocycles. The lowest BCUT2D eigenvalue weighted by atomic mass is 10.1. The molecule has 0 aliphatic heterocycles. The number of rotatable bonds is 8. The summed E-state index contributed by atoms with van der Waals surface area (Å²) in [6.45, 7) is 0. The van der Waals surface area contributed by atoms with E-state index in [4.69, 9.17) is 27.6 Å². The number of sulfone groups is 1. The molecule has 13 heteroatoms. The van der Waals surface area contributed by atoms with Gasteiger partial charge in [0.05, 0.1) is 21.2 Å². The van der Waals surface area contributed by atoms with E-state index in [-0.39, 0.29) is 39.2 Å². The summed E-state index contributed by atoms with van der Waals surface area (Å²) < 4.78 is 84.1. The predicted molar refractivity (Wildman–Crippen MR) is 121 cm³/mol. The highest BCUT2D eigenvalue weighted by atomic mass is 35.5. The van der Waals surface area contributed by atoms with Gasteiger partial charge in [0.25, 0.3) is 0 Å². The van der Waals surface area contributed by atoms with Crippen LogP contribution in [0.3, 0.4) is 0 Å². The minimum atomic E-state index is -4.69. The number of nitrogens with one attached hydrogen (secondary N) is 1. The van der Waals surface area contributed by atoms with Crippen LogP contribution >= 0.6 is 11.6 Å². The Hall–Kier alpha value is -3.51. The molecule has 0 radical (unpaired) electrons. The van der Waals surface area contributed by atoms with E-state index in [1.165, 1.54) is 30.3 Å². The van der Waals surface area contributed by atoms with E-state index in [0.717, 1.165) is 30.3 Å². The molecule has 3 N–H and O–H groups in total. The number of nitrogens with two attached hydrogens (primary N) is 1. The second-order valence-corrected chi connectivity index (χ2v) is 9.71. The van der Waals surface area contributed by atoms with Crippen molar-refractivity contribution in [2.24, 2.45) is 16.1 Å². The molecule has 3 aromatic rings. The summed E-state index contributed by atoms with van der Waals surface area (Å²) in [4.78, 5) is -0.146. The number of amidine groups is 1. The number of ether oxygens (including phenoxy) is 1. The molecule has 0 amide bonds. The first-order valence-corrected chi connectivity index (χ1v) is 11.7. The molecule has 0 bridgehead atoms. The molecule has 0 aliphatic rings. The summed E-state index contributed by atoms with van der Waals surface area (Å²) in [6, 6.07) is 11.4. The Balaban J connectivity index is 1.89. The van der Waals surface area contributed by atoms with Crippen LogP contribution in [-0.4, -0.2) is 14.3 Å². The van der Waals surface area contributed by atoms with Crippen molar-refractivity contribution in [3.8, 4) is 11.5 Å². The van der Waals surface area contributed by atoms with E-state index in [1.54, 1.807) is 0 Å². The Bertz CT molecular complexity index is 1380.